The molecule has 2 aromatic carbocycles. The first-order valence-corrected chi connectivity index (χ1v) is 10.9. The van der Waals surface area contributed by atoms with Crippen LogP contribution in [-0.2, 0) is 0 Å². The van der Waals surface area contributed by atoms with E-state index in [1.165, 1.54) is 23.5 Å². The zero-order valence-electron chi connectivity index (χ0n) is 16.0. The van der Waals surface area contributed by atoms with Crippen LogP contribution in [0.1, 0.15) is 10.4 Å². The highest BCUT2D eigenvalue weighted by Crippen LogP contribution is 2.34. The number of anilines is 2. The van der Waals surface area contributed by atoms with Gasteiger partial charge >= 0.3 is 0 Å². The molecule has 1 unspecified atom stereocenters. The predicted molar refractivity (Wildman–Crippen MR) is 121 cm³/mol. The first-order valence-electron chi connectivity index (χ1n) is 9.72. The number of aromatic nitrogens is 1. The molecule has 1 aliphatic heterocycles. The van der Waals surface area contributed by atoms with Gasteiger partial charge in [0.1, 0.15) is 18.4 Å². The van der Waals surface area contributed by atoms with Crippen LogP contribution >= 0.6 is 22.9 Å². The standard InChI is InChI=1S/C23H19ClFN3OS/c24-21-7-8-22(30-21)28-12-11-27(18-5-6-19-16(13-18)9-10-26-19)14-20(28)23(29)15-1-3-17(25)4-2-15/h1-10,13,20,26H,11-12,14H2/q+1. The molecule has 1 N–H and O–H groups in total. The second-order valence-corrected chi connectivity index (χ2v) is 9.05. The lowest BCUT2D eigenvalue weighted by molar-refractivity contribution is 0.0944. The summed E-state index contributed by atoms with van der Waals surface area (Å²) in [6, 6.07) is 17.5. The van der Waals surface area contributed by atoms with Gasteiger partial charge in [-0.1, -0.05) is 11.6 Å². The maximum Gasteiger partial charge on any atom is 0.191 e. The summed E-state index contributed by atoms with van der Waals surface area (Å²) >= 11 is 7.63. The first kappa shape index (κ1) is 19.3. The minimum absolute atomic E-state index is 0.0213. The minimum atomic E-state index is -0.388. The van der Waals surface area contributed by atoms with Crippen molar-refractivity contribution in [2.75, 3.05) is 24.5 Å². The quantitative estimate of drug-likeness (QED) is 0.334. The molecule has 0 aliphatic carbocycles. The number of carbonyl (C=O) groups is 1. The summed E-state index contributed by atoms with van der Waals surface area (Å²) in [6.45, 7) is 2.03. The van der Waals surface area contributed by atoms with Crippen LogP contribution in [0.4, 0.5) is 15.1 Å². The number of hydrogen-bond donors (Lipinski definition) is 1. The molecule has 151 valence electrons. The Morgan fingerprint density at radius 3 is 2.73 bits per heavy atom. The van der Waals surface area contributed by atoms with Crippen molar-refractivity contribution >= 4 is 50.3 Å². The van der Waals surface area contributed by atoms with Crippen molar-refractivity contribution in [2.24, 2.45) is 0 Å². The van der Waals surface area contributed by atoms with Crippen LogP contribution in [0.3, 0.4) is 0 Å². The molecule has 1 aliphatic rings. The van der Waals surface area contributed by atoms with E-state index in [2.05, 4.69) is 33.0 Å². The predicted octanol–water partition coefficient (Wildman–Crippen LogP) is 5.57. The van der Waals surface area contributed by atoms with E-state index in [1.54, 1.807) is 12.1 Å². The van der Waals surface area contributed by atoms with E-state index in [0.29, 0.717) is 23.0 Å². The molecule has 1 atom stereocenters. The monoisotopic (exact) mass is 439 g/mol. The van der Waals surface area contributed by atoms with Crippen molar-refractivity contribution in [2.45, 2.75) is 6.04 Å². The van der Waals surface area contributed by atoms with E-state index in [1.807, 2.05) is 24.4 Å². The van der Waals surface area contributed by atoms with Gasteiger partial charge in [0.05, 0.1) is 15.9 Å². The van der Waals surface area contributed by atoms with Crippen LogP contribution < -0.4 is 9.80 Å². The minimum Gasteiger partial charge on any atom is -0.361 e. The lowest BCUT2D eigenvalue weighted by atomic mass is 10.00. The maximum atomic E-state index is 13.4. The summed E-state index contributed by atoms with van der Waals surface area (Å²) in [4.78, 5) is 21.0. The van der Waals surface area contributed by atoms with Crippen molar-refractivity contribution in [3.8, 4) is 0 Å². The van der Waals surface area contributed by atoms with Crippen molar-refractivity contribution in [3.63, 3.8) is 0 Å². The van der Waals surface area contributed by atoms with Crippen molar-refractivity contribution in [1.29, 1.82) is 0 Å². The molecule has 0 saturated carbocycles. The molecule has 2 aromatic heterocycles. The van der Waals surface area contributed by atoms with Gasteiger partial charge in [-0.15, -0.1) is 16.2 Å². The first-order chi connectivity index (χ1) is 14.6. The molecule has 3 heterocycles. The van der Waals surface area contributed by atoms with Crippen LogP contribution in [0.25, 0.3) is 10.9 Å². The van der Waals surface area contributed by atoms with E-state index in [-0.39, 0.29) is 17.6 Å². The molecule has 0 amide bonds. The third-order valence-electron chi connectivity index (χ3n) is 5.56. The van der Waals surface area contributed by atoms with Crippen LogP contribution in [-0.4, -0.2) is 36.4 Å². The van der Waals surface area contributed by atoms with Gasteiger partial charge in [-0.05, 0) is 48.5 Å². The number of rotatable bonds is 4. The molecule has 7 heteroatoms. The Hall–Kier alpha value is -2.67. The Balaban J connectivity index is 1.48. The largest absolute Gasteiger partial charge is 0.361 e. The number of piperazine rings is 1. The number of hydrogen-bond acceptors (Lipinski definition) is 4. The highest BCUT2D eigenvalue weighted by Gasteiger charge is 2.40. The SMILES string of the molecule is O=C(c1ccc(F)cc1)C1C[N+](c2ccc3[nH]ccc3c2)CCN1c1ccc(Cl)s1. The summed E-state index contributed by atoms with van der Waals surface area (Å²) in [6.07, 6.45) is 1.92. The fourth-order valence-electron chi connectivity index (χ4n) is 4.01. The van der Waals surface area contributed by atoms with Crippen LogP contribution in [0, 0.1) is 5.82 Å². The zero-order valence-corrected chi connectivity index (χ0v) is 17.6. The number of ketones is 1. The maximum absolute atomic E-state index is 13.4. The molecular weight excluding hydrogens is 421 g/mol. The molecule has 0 bridgehead atoms. The summed E-state index contributed by atoms with van der Waals surface area (Å²) < 4.78 is 14.1. The van der Waals surface area contributed by atoms with Gasteiger partial charge in [0, 0.05) is 34.8 Å². The molecule has 1 saturated heterocycles. The highest BCUT2D eigenvalue weighted by atomic mass is 35.5. The number of halogens is 2. The zero-order chi connectivity index (χ0) is 20.7. The van der Waals surface area contributed by atoms with Crippen LogP contribution in [0.15, 0.2) is 66.9 Å². The van der Waals surface area contributed by atoms with Gasteiger partial charge in [-0.3, -0.25) is 4.79 Å². The Kier molecular flexibility index (Phi) is 5.06. The summed E-state index contributed by atoms with van der Waals surface area (Å²) in [5.74, 6) is -0.370. The van der Waals surface area contributed by atoms with E-state index in [4.69, 9.17) is 11.6 Å². The van der Waals surface area contributed by atoms with E-state index < -0.39 is 0 Å². The average Bonchev–Trinajstić information content (AvgIpc) is 3.41. The van der Waals surface area contributed by atoms with Crippen molar-refractivity contribution in [3.05, 3.63) is 82.6 Å². The second-order valence-electron chi connectivity index (χ2n) is 7.35. The van der Waals surface area contributed by atoms with Crippen LogP contribution in [0.5, 0.6) is 0 Å². The number of H-pyrrole nitrogens is 1. The van der Waals surface area contributed by atoms with Crippen molar-refractivity contribution in [1.82, 2.24) is 9.88 Å². The molecule has 0 spiro atoms. The molecule has 5 rings (SSSR count). The third kappa shape index (κ3) is 3.62. The Morgan fingerprint density at radius 1 is 1.13 bits per heavy atom. The van der Waals surface area contributed by atoms with E-state index >= 15 is 0 Å². The average molecular weight is 440 g/mol. The van der Waals surface area contributed by atoms with Gasteiger partial charge < -0.3 is 9.88 Å². The lowest BCUT2D eigenvalue weighted by Gasteiger charge is -2.35. The number of aromatic amines is 1. The van der Waals surface area contributed by atoms with Gasteiger partial charge in [0.2, 0.25) is 0 Å². The molecular formula is C23H19ClFN3OS+. The second kappa shape index (κ2) is 7.87. The van der Waals surface area contributed by atoms with Gasteiger partial charge in [-0.25, -0.2) is 4.39 Å². The smallest absolute Gasteiger partial charge is 0.191 e. The summed E-state index contributed by atoms with van der Waals surface area (Å²) in [5.41, 5.74) is 2.68. The van der Waals surface area contributed by atoms with Crippen molar-refractivity contribution < 1.29 is 9.18 Å². The number of carbonyl (C=O) groups excluding carboxylic acids is 1. The summed E-state index contributed by atoms with van der Waals surface area (Å²) in [5, 5.41) is 2.11. The molecule has 1 fully saturated rings. The summed E-state index contributed by atoms with van der Waals surface area (Å²) in [7, 11) is 0. The van der Waals surface area contributed by atoms with E-state index in [0.717, 1.165) is 28.1 Å². The van der Waals surface area contributed by atoms with Crippen LogP contribution in [0.2, 0.25) is 4.34 Å². The third-order valence-corrected chi connectivity index (χ3v) is 6.82. The molecule has 1 radical (unpaired) electrons. The number of thiophene rings is 1. The van der Waals surface area contributed by atoms with Gasteiger partial charge in [-0.2, -0.15) is 0 Å². The number of Topliss-reactive ketones (excluding diaryl/α,β-unsaturated/α-hetero) is 1. The lowest BCUT2D eigenvalue weighted by Crippen LogP contribution is -2.57. The van der Waals surface area contributed by atoms with E-state index in [9.17, 15) is 9.18 Å². The Morgan fingerprint density at radius 2 is 1.97 bits per heavy atom. The topological polar surface area (TPSA) is 42.0 Å². The Labute approximate surface area is 182 Å². The fraction of sp³-hybridized carbons (Fsp3) is 0.174. The number of nitrogens with one attached hydrogen (secondary N) is 1. The molecule has 4 nitrogen and oxygen atoms in total. The number of nitrogens with zero attached hydrogens (tertiary/aromatic N) is 2. The molecule has 30 heavy (non-hydrogen) atoms. The van der Waals surface area contributed by atoms with Gasteiger partial charge in [0.25, 0.3) is 0 Å². The number of fused-ring (bicyclic) bond motifs is 1. The fourth-order valence-corrected chi connectivity index (χ4v) is 5.12. The highest BCUT2D eigenvalue weighted by molar-refractivity contribution is 7.19. The number of benzene rings is 2. The normalized spacial score (nSPS) is 17.5. The van der Waals surface area contributed by atoms with Gasteiger partial charge in [0.15, 0.2) is 18.0 Å². The Bertz CT molecular complexity index is 1200. The molecule has 4 aromatic rings.